The fourth-order valence-electron chi connectivity index (χ4n) is 3.10. The topological polar surface area (TPSA) is 53.9 Å². The molecule has 1 saturated heterocycles. The monoisotopic (exact) mass is 402 g/mol. The highest BCUT2D eigenvalue weighted by atomic mass is 35.5. The van der Waals surface area contributed by atoms with E-state index in [1.54, 1.807) is 29.2 Å². The van der Waals surface area contributed by atoms with E-state index in [2.05, 4.69) is 5.32 Å². The van der Waals surface area contributed by atoms with E-state index in [9.17, 15) is 14.0 Å². The van der Waals surface area contributed by atoms with Crippen molar-refractivity contribution in [1.82, 2.24) is 4.90 Å². The number of carbonyl (C=O) groups excluding carboxylic acids is 2. The van der Waals surface area contributed by atoms with Crippen molar-refractivity contribution in [1.29, 1.82) is 0 Å². The van der Waals surface area contributed by atoms with Crippen molar-refractivity contribution >= 4 is 35.2 Å². The number of nitrogens with one attached hydrogen (secondary N) is 2. The fourth-order valence-corrected chi connectivity index (χ4v) is 3.29. The number of hydrogen-bond donors (Lipinski definition) is 2. The molecule has 2 N–H and O–H groups in total. The lowest BCUT2D eigenvalue weighted by atomic mass is 10.2. The zero-order valence-electron chi connectivity index (χ0n) is 15.3. The molecule has 1 fully saturated rings. The van der Waals surface area contributed by atoms with Gasteiger partial charge in [-0.15, -0.1) is 0 Å². The molecule has 0 radical (unpaired) electrons. The Morgan fingerprint density at radius 1 is 1.14 bits per heavy atom. The van der Waals surface area contributed by atoms with Gasteiger partial charge in [-0.1, -0.05) is 35.9 Å². The Bertz CT molecular complexity index is 879. The average Bonchev–Trinajstić information content (AvgIpc) is 2.67. The maximum absolute atomic E-state index is 13.2. The fraction of sp³-hybridized carbons (Fsp3) is 0.238. The summed E-state index contributed by atoms with van der Waals surface area (Å²) in [5, 5.41) is 3.31. The van der Waals surface area contributed by atoms with Crippen LogP contribution in [0.25, 0.3) is 6.08 Å². The summed E-state index contributed by atoms with van der Waals surface area (Å²) in [5.41, 5.74) is 1.25. The van der Waals surface area contributed by atoms with Gasteiger partial charge in [-0.2, -0.15) is 0 Å². The molecule has 5 nitrogen and oxygen atoms in total. The van der Waals surface area contributed by atoms with Crippen LogP contribution in [0.3, 0.4) is 0 Å². The molecule has 146 valence electrons. The number of nitrogens with zero attached hydrogens (tertiary/aromatic N) is 1. The zero-order valence-corrected chi connectivity index (χ0v) is 16.1. The Morgan fingerprint density at radius 3 is 2.61 bits per heavy atom. The van der Waals surface area contributed by atoms with E-state index in [0.717, 1.165) is 10.5 Å². The Kier molecular flexibility index (Phi) is 6.79. The smallest absolute Gasteiger partial charge is 0.279 e. The molecule has 28 heavy (non-hydrogen) atoms. The van der Waals surface area contributed by atoms with Gasteiger partial charge in [0.25, 0.3) is 5.91 Å². The number of piperazine rings is 1. The Labute approximate surface area is 168 Å². The average molecular weight is 403 g/mol. The van der Waals surface area contributed by atoms with E-state index >= 15 is 0 Å². The third-order valence-corrected chi connectivity index (χ3v) is 4.96. The number of anilines is 1. The highest BCUT2D eigenvalue weighted by molar-refractivity contribution is 6.32. The van der Waals surface area contributed by atoms with Crippen molar-refractivity contribution in [2.75, 3.05) is 38.0 Å². The lowest BCUT2D eigenvalue weighted by Crippen LogP contribution is -3.15. The van der Waals surface area contributed by atoms with E-state index in [1.165, 1.54) is 18.2 Å². The molecule has 0 atom stereocenters. The van der Waals surface area contributed by atoms with Crippen molar-refractivity contribution in [3.05, 3.63) is 71.0 Å². The summed E-state index contributed by atoms with van der Waals surface area (Å²) in [4.78, 5) is 27.4. The minimum absolute atomic E-state index is 0.0665. The predicted octanol–water partition coefficient (Wildman–Crippen LogP) is 1.86. The molecule has 0 spiro atoms. The number of hydrogen-bond acceptors (Lipinski definition) is 2. The van der Waals surface area contributed by atoms with Gasteiger partial charge in [0.1, 0.15) is 5.82 Å². The molecule has 3 rings (SSSR count). The summed E-state index contributed by atoms with van der Waals surface area (Å²) >= 11 is 6.09. The van der Waals surface area contributed by atoms with E-state index in [-0.39, 0.29) is 24.2 Å². The molecule has 2 amide bonds. The third-order valence-electron chi connectivity index (χ3n) is 4.61. The SMILES string of the molecule is O=C(C[NH+]1CCN(C(=O)/C=C/c2ccccc2Cl)CC1)Nc1cccc(F)c1. The maximum Gasteiger partial charge on any atom is 0.279 e. The second-order valence-electron chi connectivity index (χ2n) is 6.67. The molecule has 0 aromatic heterocycles. The van der Waals surface area contributed by atoms with Crippen LogP contribution in [0.4, 0.5) is 10.1 Å². The van der Waals surface area contributed by atoms with Gasteiger partial charge < -0.3 is 15.1 Å². The van der Waals surface area contributed by atoms with Gasteiger partial charge in [0.2, 0.25) is 5.91 Å². The molecule has 1 heterocycles. The molecule has 0 unspecified atom stereocenters. The second-order valence-corrected chi connectivity index (χ2v) is 7.07. The van der Waals surface area contributed by atoms with Gasteiger partial charge in [0.05, 0.1) is 26.2 Å². The van der Waals surface area contributed by atoms with Gasteiger partial charge in [0.15, 0.2) is 6.54 Å². The van der Waals surface area contributed by atoms with E-state index < -0.39 is 0 Å². The van der Waals surface area contributed by atoms with E-state index in [0.29, 0.717) is 36.9 Å². The summed E-state index contributed by atoms with van der Waals surface area (Å²) in [6.45, 7) is 2.81. The van der Waals surface area contributed by atoms with Gasteiger partial charge >= 0.3 is 0 Å². The minimum Gasteiger partial charge on any atom is -0.328 e. The third kappa shape index (κ3) is 5.65. The normalized spacial score (nSPS) is 15.0. The number of rotatable bonds is 5. The van der Waals surface area contributed by atoms with Crippen LogP contribution >= 0.6 is 11.6 Å². The number of carbonyl (C=O) groups is 2. The number of halogens is 2. The van der Waals surface area contributed by atoms with Crippen LogP contribution < -0.4 is 10.2 Å². The molecule has 0 aliphatic carbocycles. The molecule has 1 aliphatic rings. The van der Waals surface area contributed by atoms with E-state index in [1.807, 2.05) is 18.2 Å². The van der Waals surface area contributed by atoms with Crippen LogP contribution in [0, 0.1) is 5.82 Å². The summed E-state index contributed by atoms with van der Waals surface area (Å²) < 4.78 is 13.2. The van der Waals surface area contributed by atoms with Crippen LogP contribution in [0.2, 0.25) is 5.02 Å². The minimum atomic E-state index is -0.387. The van der Waals surface area contributed by atoms with E-state index in [4.69, 9.17) is 11.6 Å². The lowest BCUT2D eigenvalue weighted by Gasteiger charge is -2.31. The lowest BCUT2D eigenvalue weighted by molar-refractivity contribution is -0.895. The number of quaternary nitrogens is 1. The van der Waals surface area contributed by atoms with Gasteiger partial charge in [-0.05, 0) is 35.9 Å². The molecule has 1 aliphatic heterocycles. The van der Waals surface area contributed by atoms with Crippen molar-refractivity contribution in [3.8, 4) is 0 Å². The summed E-state index contributed by atoms with van der Waals surface area (Å²) in [5.74, 6) is -0.621. The number of benzene rings is 2. The predicted molar refractivity (Wildman–Crippen MR) is 108 cm³/mol. The summed E-state index contributed by atoms with van der Waals surface area (Å²) in [6, 6.07) is 13.2. The van der Waals surface area contributed by atoms with Crippen LogP contribution in [0.15, 0.2) is 54.6 Å². The highest BCUT2D eigenvalue weighted by Crippen LogP contribution is 2.16. The summed E-state index contributed by atoms with van der Waals surface area (Å²) in [6.07, 6.45) is 3.25. The Hall–Kier alpha value is -2.70. The first kappa shape index (κ1) is 20.0. The standard InChI is InChI=1S/C21H21ClFN3O2/c22-19-7-2-1-4-16(19)8-9-21(28)26-12-10-25(11-13-26)15-20(27)24-18-6-3-5-17(23)14-18/h1-9,14H,10-13,15H2,(H,24,27)/p+1/b9-8+. The largest absolute Gasteiger partial charge is 0.328 e. The van der Waals surface area contributed by atoms with Crippen LogP contribution in [0.1, 0.15) is 5.56 Å². The molecule has 2 aromatic rings. The Balaban J connectivity index is 1.45. The van der Waals surface area contributed by atoms with Crippen LogP contribution in [0.5, 0.6) is 0 Å². The molecular weight excluding hydrogens is 381 g/mol. The van der Waals surface area contributed by atoms with Crippen molar-refractivity contribution in [2.45, 2.75) is 0 Å². The first-order valence-electron chi connectivity index (χ1n) is 9.12. The van der Waals surface area contributed by atoms with Gasteiger partial charge in [0, 0.05) is 16.8 Å². The van der Waals surface area contributed by atoms with Gasteiger partial charge in [-0.25, -0.2) is 4.39 Å². The molecule has 0 saturated carbocycles. The maximum atomic E-state index is 13.2. The van der Waals surface area contributed by atoms with Crippen LogP contribution in [-0.2, 0) is 9.59 Å². The van der Waals surface area contributed by atoms with Crippen LogP contribution in [-0.4, -0.2) is 49.4 Å². The zero-order chi connectivity index (χ0) is 19.9. The quantitative estimate of drug-likeness (QED) is 0.750. The molecule has 7 heteroatoms. The van der Waals surface area contributed by atoms with Crippen molar-refractivity contribution in [2.24, 2.45) is 0 Å². The highest BCUT2D eigenvalue weighted by Gasteiger charge is 2.24. The second kappa shape index (κ2) is 9.48. The Morgan fingerprint density at radius 2 is 1.89 bits per heavy atom. The number of amides is 2. The molecular formula is C21H22ClFN3O2+. The molecule has 2 aromatic carbocycles. The van der Waals surface area contributed by atoms with Crippen molar-refractivity contribution < 1.29 is 18.9 Å². The first-order chi connectivity index (χ1) is 13.5. The van der Waals surface area contributed by atoms with Gasteiger partial charge in [-0.3, -0.25) is 9.59 Å². The first-order valence-corrected chi connectivity index (χ1v) is 9.49. The molecule has 0 bridgehead atoms. The summed E-state index contributed by atoms with van der Waals surface area (Å²) in [7, 11) is 0. The van der Waals surface area contributed by atoms with Crippen molar-refractivity contribution in [3.63, 3.8) is 0 Å².